The molecule has 0 aliphatic heterocycles. The van der Waals surface area contributed by atoms with Gasteiger partial charge in [0.25, 0.3) is 0 Å². The number of ether oxygens (including phenoxy) is 1. The van der Waals surface area contributed by atoms with Crippen LogP contribution in [0.15, 0.2) is 12.1 Å². The number of rotatable bonds is 5. The van der Waals surface area contributed by atoms with Crippen molar-refractivity contribution in [3.63, 3.8) is 0 Å². The lowest BCUT2D eigenvalue weighted by Crippen LogP contribution is -2.31. The van der Waals surface area contributed by atoms with Crippen LogP contribution in [0.5, 0.6) is 0 Å². The maximum Gasteiger partial charge on any atom is 0.144 e. The lowest BCUT2D eigenvalue weighted by Gasteiger charge is -2.22. The Labute approximate surface area is 103 Å². The first-order valence-corrected chi connectivity index (χ1v) is 5.71. The Morgan fingerprint density at radius 3 is 2.71 bits per heavy atom. The monoisotopic (exact) mass is 233 g/mol. The predicted molar refractivity (Wildman–Crippen MR) is 67.8 cm³/mol. The van der Waals surface area contributed by atoms with Crippen LogP contribution >= 0.6 is 0 Å². The number of nitrogens with one attached hydrogen (secondary N) is 1. The first kappa shape index (κ1) is 13.5. The summed E-state index contributed by atoms with van der Waals surface area (Å²) in [7, 11) is 1.67. The topological polar surface area (TPSA) is 57.9 Å². The molecule has 0 amide bonds. The molecule has 0 fully saturated rings. The van der Waals surface area contributed by atoms with Gasteiger partial charge in [0.15, 0.2) is 0 Å². The second-order valence-corrected chi connectivity index (χ2v) is 4.41. The number of pyridine rings is 1. The fourth-order valence-electron chi connectivity index (χ4n) is 1.51. The summed E-state index contributed by atoms with van der Waals surface area (Å²) in [4.78, 5) is 4.36. The number of anilines is 1. The van der Waals surface area contributed by atoms with Gasteiger partial charge in [-0.3, -0.25) is 0 Å². The van der Waals surface area contributed by atoms with E-state index in [1.807, 2.05) is 13.0 Å². The van der Waals surface area contributed by atoms with Crippen molar-refractivity contribution in [2.24, 2.45) is 5.92 Å². The highest BCUT2D eigenvalue weighted by molar-refractivity contribution is 5.52. The van der Waals surface area contributed by atoms with E-state index < -0.39 is 0 Å². The number of nitrogens with zero attached hydrogens (tertiary/aromatic N) is 2. The van der Waals surface area contributed by atoms with Crippen molar-refractivity contribution in [3.05, 3.63) is 23.4 Å². The van der Waals surface area contributed by atoms with Crippen LogP contribution in [-0.4, -0.2) is 24.7 Å². The van der Waals surface area contributed by atoms with Crippen LogP contribution in [0.4, 0.5) is 5.82 Å². The molecule has 0 spiro atoms. The lowest BCUT2D eigenvalue weighted by atomic mass is 10.1. The van der Waals surface area contributed by atoms with E-state index in [0.29, 0.717) is 23.9 Å². The largest absolute Gasteiger partial charge is 0.383 e. The molecule has 4 nitrogen and oxygen atoms in total. The van der Waals surface area contributed by atoms with Crippen molar-refractivity contribution in [1.29, 1.82) is 5.26 Å². The molecular weight excluding hydrogens is 214 g/mol. The van der Waals surface area contributed by atoms with Gasteiger partial charge in [-0.25, -0.2) is 4.98 Å². The normalized spacial score (nSPS) is 12.2. The SMILES string of the molecule is COCC(Nc1nc(C)ccc1C#N)C(C)C. The van der Waals surface area contributed by atoms with Crippen LogP contribution in [-0.2, 0) is 4.74 Å². The molecule has 0 saturated heterocycles. The summed E-state index contributed by atoms with van der Waals surface area (Å²) >= 11 is 0. The number of hydrogen-bond acceptors (Lipinski definition) is 4. The summed E-state index contributed by atoms with van der Waals surface area (Å²) in [6, 6.07) is 5.92. The van der Waals surface area contributed by atoms with Crippen LogP contribution in [0.3, 0.4) is 0 Å². The number of aromatic nitrogens is 1. The van der Waals surface area contributed by atoms with E-state index in [1.165, 1.54) is 0 Å². The summed E-state index contributed by atoms with van der Waals surface area (Å²) in [6.07, 6.45) is 0. The van der Waals surface area contributed by atoms with E-state index in [4.69, 9.17) is 10.00 Å². The van der Waals surface area contributed by atoms with Gasteiger partial charge >= 0.3 is 0 Å². The number of nitriles is 1. The quantitative estimate of drug-likeness (QED) is 0.848. The van der Waals surface area contributed by atoms with Gasteiger partial charge in [0.2, 0.25) is 0 Å². The van der Waals surface area contributed by atoms with Gasteiger partial charge in [0.1, 0.15) is 11.9 Å². The fourth-order valence-corrected chi connectivity index (χ4v) is 1.51. The Kier molecular flexibility index (Phi) is 4.92. The van der Waals surface area contributed by atoms with Crippen LogP contribution in [0.1, 0.15) is 25.1 Å². The van der Waals surface area contributed by atoms with Crippen molar-refractivity contribution in [3.8, 4) is 6.07 Å². The van der Waals surface area contributed by atoms with Crippen molar-refractivity contribution in [2.45, 2.75) is 26.8 Å². The second-order valence-electron chi connectivity index (χ2n) is 4.41. The predicted octanol–water partition coefficient (Wildman–Crippen LogP) is 2.34. The molecule has 1 rings (SSSR count). The summed E-state index contributed by atoms with van der Waals surface area (Å²) in [5.41, 5.74) is 1.46. The van der Waals surface area contributed by atoms with Gasteiger partial charge in [-0.05, 0) is 25.0 Å². The second kappa shape index (κ2) is 6.21. The Bertz CT molecular complexity index is 410. The smallest absolute Gasteiger partial charge is 0.144 e. The van der Waals surface area contributed by atoms with E-state index in [1.54, 1.807) is 13.2 Å². The zero-order valence-electron chi connectivity index (χ0n) is 10.8. The maximum absolute atomic E-state index is 9.03. The molecule has 1 aromatic rings. The standard InChI is InChI=1S/C13H19N3O/c1-9(2)12(8-17-4)16-13-11(7-14)6-5-10(3)15-13/h5-6,9,12H,8H2,1-4H3,(H,15,16). The van der Waals surface area contributed by atoms with Gasteiger partial charge in [-0.15, -0.1) is 0 Å². The van der Waals surface area contributed by atoms with Gasteiger partial charge < -0.3 is 10.1 Å². The molecular formula is C13H19N3O. The number of methoxy groups -OCH3 is 1. The molecule has 0 radical (unpaired) electrons. The minimum Gasteiger partial charge on any atom is -0.383 e. The molecule has 1 atom stereocenters. The highest BCUT2D eigenvalue weighted by atomic mass is 16.5. The molecule has 0 aromatic carbocycles. The summed E-state index contributed by atoms with van der Waals surface area (Å²) < 4.78 is 5.17. The van der Waals surface area contributed by atoms with E-state index in [9.17, 15) is 0 Å². The summed E-state index contributed by atoms with van der Waals surface area (Å²) in [6.45, 7) is 6.72. The van der Waals surface area contributed by atoms with E-state index in [2.05, 4.69) is 30.2 Å². The zero-order valence-corrected chi connectivity index (χ0v) is 10.8. The maximum atomic E-state index is 9.03. The van der Waals surface area contributed by atoms with Gasteiger partial charge in [-0.1, -0.05) is 13.8 Å². The van der Waals surface area contributed by atoms with Crippen LogP contribution in [0.25, 0.3) is 0 Å². The summed E-state index contributed by atoms with van der Waals surface area (Å²) in [5, 5.41) is 12.3. The van der Waals surface area contributed by atoms with E-state index >= 15 is 0 Å². The van der Waals surface area contributed by atoms with E-state index in [-0.39, 0.29) is 6.04 Å². The first-order valence-electron chi connectivity index (χ1n) is 5.71. The molecule has 4 heteroatoms. The third-order valence-corrected chi connectivity index (χ3v) is 2.63. The molecule has 92 valence electrons. The third kappa shape index (κ3) is 3.72. The fraction of sp³-hybridized carbons (Fsp3) is 0.538. The van der Waals surface area contributed by atoms with Crippen LogP contribution in [0.2, 0.25) is 0 Å². The molecule has 0 aliphatic rings. The number of aryl methyl sites for hydroxylation is 1. The molecule has 1 N–H and O–H groups in total. The molecule has 1 aromatic heterocycles. The van der Waals surface area contributed by atoms with Gasteiger partial charge in [0.05, 0.1) is 18.2 Å². The zero-order chi connectivity index (χ0) is 12.8. The van der Waals surface area contributed by atoms with Gasteiger partial charge in [-0.2, -0.15) is 5.26 Å². The Balaban J connectivity index is 2.92. The first-order chi connectivity index (χ1) is 8.08. The lowest BCUT2D eigenvalue weighted by molar-refractivity contribution is 0.171. The summed E-state index contributed by atoms with van der Waals surface area (Å²) in [5.74, 6) is 1.05. The van der Waals surface area contributed by atoms with Crippen LogP contribution < -0.4 is 5.32 Å². The van der Waals surface area contributed by atoms with Crippen molar-refractivity contribution < 1.29 is 4.74 Å². The van der Waals surface area contributed by atoms with Crippen LogP contribution in [0, 0.1) is 24.2 Å². The number of hydrogen-bond donors (Lipinski definition) is 1. The molecule has 0 bridgehead atoms. The highest BCUT2D eigenvalue weighted by Gasteiger charge is 2.15. The van der Waals surface area contributed by atoms with Crippen molar-refractivity contribution >= 4 is 5.82 Å². The highest BCUT2D eigenvalue weighted by Crippen LogP contribution is 2.16. The van der Waals surface area contributed by atoms with Gasteiger partial charge in [0, 0.05) is 12.8 Å². The Hall–Kier alpha value is -1.60. The molecule has 17 heavy (non-hydrogen) atoms. The van der Waals surface area contributed by atoms with Crippen molar-refractivity contribution in [2.75, 3.05) is 19.0 Å². The Morgan fingerprint density at radius 1 is 1.47 bits per heavy atom. The molecule has 0 saturated carbocycles. The minimum absolute atomic E-state index is 0.154. The third-order valence-electron chi connectivity index (χ3n) is 2.63. The minimum atomic E-state index is 0.154. The Morgan fingerprint density at radius 2 is 2.18 bits per heavy atom. The average molecular weight is 233 g/mol. The van der Waals surface area contributed by atoms with Crippen molar-refractivity contribution in [1.82, 2.24) is 4.98 Å². The molecule has 1 unspecified atom stereocenters. The average Bonchev–Trinajstić information content (AvgIpc) is 2.28. The molecule has 0 aliphatic carbocycles. The molecule has 1 heterocycles. The van der Waals surface area contributed by atoms with E-state index in [0.717, 1.165) is 5.69 Å².